The molecular weight excluding hydrogens is 628 g/mol. The maximum absolute atomic E-state index is 13.1. The van der Waals surface area contributed by atoms with Crippen LogP contribution in [-0.2, 0) is 17.6 Å². The van der Waals surface area contributed by atoms with E-state index in [-0.39, 0.29) is 12.1 Å². The molecular formula is C39H33ClN2O6. The van der Waals surface area contributed by atoms with Gasteiger partial charge in [-0.1, -0.05) is 84.4 Å². The number of aromatic amines is 1. The lowest BCUT2D eigenvalue weighted by atomic mass is 9.95. The minimum atomic E-state index is -1.14. The summed E-state index contributed by atoms with van der Waals surface area (Å²) >= 11 is 5.94. The zero-order valence-electron chi connectivity index (χ0n) is 26.1. The lowest BCUT2D eigenvalue weighted by molar-refractivity contribution is -0.139. The van der Waals surface area contributed by atoms with Gasteiger partial charge < -0.3 is 25.3 Å². The van der Waals surface area contributed by atoms with Crippen LogP contribution in [0, 0.1) is 6.92 Å². The van der Waals surface area contributed by atoms with Gasteiger partial charge in [-0.15, -0.1) is 0 Å². The van der Waals surface area contributed by atoms with Crippen LogP contribution in [-0.4, -0.2) is 45.7 Å². The summed E-state index contributed by atoms with van der Waals surface area (Å²) in [5.41, 5.74) is 4.96. The van der Waals surface area contributed by atoms with Crippen LogP contribution in [0.3, 0.4) is 0 Å². The van der Waals surface area contributed by atoms with Crippen molar-refractivity contribution in [2.75, 3.05) is 6.61 Å². The van der Waals surface area contributed by atoms with Crippen LogP contribution < -0.4 is 10.1 Å². The van der Waals surface area contributed by atoms with Crippen molar-refractivity contribution >= 4 is 51.1 Å². The van der Waals surface area contributed by atoms with Gasteiger partial charge >= 0.3 is 11.9 Å². The Hall–Kier alpha value is -5.60. The van der Waals surface area contributed by atoms with Crippen LogP contribution in [0.25, 0.3) is 32.8 Å². The second-order valence-corrected chi connectivity index (χ2v) is 12.1. The van der Waals surface area contributed by atoms with Gasteiger partial charge in [0.15, 0.2) is 0 Å². The molecule has 0 saturated heterocycles. The Bertz CT molecular complexity index is 2150. The Morgan fingerprint density at radius 1 is 0.854 bits per heavy atom. The quantitative estimate of drug-likeness (QED) is 0.0983. The molecule has 48 heavy (non-hydrogen) atoms. The van der Waals surface area contributed by atoms with Crippen LogP contribution in [0.15, 0.2) is 103 Å². The fourth-order valence-corrected chi connectivity index (χ4v) is 6.22. The van der Waals surface area contributed by atoms with Crippen LogP contribution in [0.1, 0.15) is 44.0 Å². The fraction of sp³-hybridized carbons (Fsp3) is 0.154. The van der Waals surface area contributed by atoms with Crippen molar-refractivity contribution in [2.24, 2.45) is 0 Å². The van der Waals surface area contributed by atoms with Gasteiger partial charge in [-0.2, -0.15) is 0 Å². The lowest BCUT2D eigenvalue weighted by Gasteiger charge is -2.16. The number of nitrogens with one attached hydrogen (secondary N) is 2. The number of carbonyl (C=O) groups excluding carboxylic acids is 1. The monoisotopic (exact) mass is 660 g/mol. The summed E-state index contributed by atoms with van der Waals surface area (Å²) in [5, 5.41) is 26.0. The molecule has 0 fully saturated rings. The predicted molar refractivity (Wildman–Crippen MR) is 187 cm³/mol. The van der Waals surface area contributed by atoms with E-state index in [4.69, 9.17) is 16.3 Å². The van der Waals surface area contributed by atoms with Crippen molar-refractivity contribution < 1.29 is 29.3 Å². The molecule has 4 N–H and O–H groups in total. The minimum Gasteiger partial charge on any atom is -0.493 e. The predicted octanol–water partition coefficient (Wildman–Crippen LogP) is 8.09. The molecule has 6 aromatic rings. The van der Waals surface area contributed by atoms with E-state index in [0.29, 0.717) is 41.1 Å². The standard InChI is InChI=1S/C39H33ClN2O6/c1-23-21-26(37(43)41-33(38(44)45)22-24-14-17-27(40)18-15-24)16-19-28(23)30-10-5-11-31-32(36(39(46)47)42-35(30)31)12-6-20-48-34-13-4-8-25-7-2-3-9-29(25)34/h2-5,7-11,13-19,21,33,42H,6,12,20,22H2,1H3,(H,41,43)(H,44,45)(H,46,47)/t33-/m0/s1. The first-order chi connectivity index (χ1) is 23.2. The molecule has 9 heteroatoms. The number of para-hydroxylation sites is 1. The smallest absolute Gasteiger partial charge is 0.352 e. The number of amides is 1. The Morgan fingerprint density at radius 3 is 2.33 bits per heavy atom. The number of rotatable bonds is 12. The van der Waals surface area contributed by atoms with Crippen LogP contribution in [0.5, 0.6) is 5.75 Å². The summed E-state index contributed by atoms with van der Waals surface area (Å²) in [6.45, 7) is 2.28. The average molecular weight is 661 g/mol. The zero-order chi connectivity index (χ0) is 33.8. The molecule has 8 nitrogen and oxygen atoms in total. The van der Waals surface area contributed by atoms with Gasteiger partial charge in [-0.25, -0.2) is 9.59 Å². The maximum Gasteiger partial charge on any atom is 0.352 e. The van der Waals surface area contributed by atoms with Gasteiger partial charge in [0, 0.05) is 33.3 Å². The molecule has 0 aliphatic carbocycles. The molecule has 0 unspecified atom stereocenters. The molecule has 1 aromatic heterocycles. The molecule has 0 spiro atoms. The van der Waals surface area contributed by atoms with Crippen molar-refractivity contribution in [3.63, 3.8) is 0 Å². The van der Waals surface area contributed by atoms with E-state index < -0.39 is 23.9 Å². The number of aryl methyl sites for hydroxylation is 2. The van der Waals surface area contributed by atoms with Gasteiger partial charge in [-0.3, -0.25) is 4.79 Å². The summed E-state index contributed by atoms with van der Waals surface area (Å²) in [6.07, 6.45) is 1.21. The topological polar surface area (TPSA) is 129 Å². The number of hydrogen-bond donors (Lipinski definition) is 4. The van der Waals surface area contributed by atoms with Crippen molar-refractivity contribution in [1.82, 2.24) is 10.3 Å². The number of H-pyrrole nitrogens is 1. The van der Waals surface area contributed by atoms with Crippen molar-refractivity contribution in [1.29, 1.82) is 0 Å². The van der Waals surface area contributed by atoms with Gasteiger partial charge in [-0.05, 0) is 77.7 Å². The number of fused-ring (bicyclic) bond motifs is 2. The molecule has 0 radical (unpaired) electrons. The van der Waals surface area contributed by atoms with Crippen molar-refractivity contribution in [3.05, 3.63) is 136 Å². The van der Waals surface area contributed by atoms with Gasteiger partial charge in [0.2, 0.25) is 0 Å². The van der Waals surface area contributed by atoms with E-state index in [1.165, 1.54) is 0 Å². The van der Waals surface area contributed by atoms with Crippen molar-refractivity contribution in [2.45, 2.75) is 32.2 Å². The number of ether oxygens (including phenoxy) is 1. The fourth-order valence-electron chi connectivity index (χ4n) is 6.10. The summed E-state index contributed by atoms with van der Waals surface area (Å²) < 4.78 is 6.11. The first-order valence-electron chi connectivity index (χ1n) is 15.6. The largest absolute Gasteiger partial charge is 0.493 e. The SMILES string of the molecule is Cc1cc(C(=O)N[C@@H](Cc2ccc(Cl)cc2)C(=O)O)ccc1-c1cccc2c(CCCOc3cccc4ccccc34)c(C(=O)O)[nH]c12. The van der Waals surface area contributed by atoms with Crippen LogP contribution >= 0.6 is 11.6 Å². The molecule has 5 aromatic carbocycles. The number of carboxylic acid groups (broad SMARTS) is 2. The Morgan fingerprint density at radius 2 is 1.58 bits per heavy atom. The highest BCUT2D eigenvalue weighted by Gasteiger charge is 2.23. The molecule has 0 aliphatic heterocycles. The average Bonchev–Trinajstić information content (AvgIpc) is 3.46. The number of benzene rings is 5. The van der Waals surface area contributed by atoms with E-state index in [9.17, 15) is 24.6 Å². The first-order valence-corrected chi connectivity index (χ1v) is 15.9. The van der Waals surface area contributed by atoms with Gasteiger partial charge in [0.05, 0.1) is 12.1 Å². The normalized spacial score (nSPS) is 11.8. The lowest BCUT2D eigenvalue weighted by Crippen LogP contribution is -2.42. The molecule has 1 heterocycles. The molecule has 1 atom stereocenters. The number of hydrogen-bond acceptors (Lipinski definition) is 4. The minimum absolute atomic E-state index is 0.105. The number of aromatic carboxylic acids is 1. The Balaban J connectivity index is 1.20. The molecule has 0 aliphatic rings. The molecule has 1 amide bonds. The maximum atomic E-state index is 13.1. The number of aliphatic carboxylic acids is 1. The third kappa shape index (κ3) is 6.89. The third-order valence-electron chi connectivity index (χ3n) is 8.47. The van der Waals surface area contributed by atoms with Crippen LogP contribution in [0.2, 0.25) is 5.02 Å². The highest BCUT2D eigenvalue weighted by molar-refractivity contribution is 6.30. The summed E-state index contributed by atoms with van der Waals surface area (Å²) in [5.74, 6) is -1.90. The molecule has 0 saturated carbocycles. The summed E-state index contributed by atoms with van der Waals surface area (Å²) in [6, 6.07) is 30.5. The Labute approximate surface area is 281 Å². The third-order valence-corrected chi connectivity index (χ3v) is 8.72. The number of carbonyl (C=O) groups is 3. The van der Waals surface area contributed by atoms with E-state index in [0.717, 1.165) is 44.2 Å². The Kier molecular flexibility index (Phi) is 9.45. The van der Waals surface area contributed by atoms with E-state index in [1.807, 2.05) is 67.6 Å². The van der Waals surface area contributed by atoms with Crippen molar-refractivity contribution in [3.8, 4) is 16.9 Å². The molecule has 6 rings (SSSR count). The summed E-state index contributed by atoms with van der Waals surface area (Å²) in [7, 11) is 0. The van der Waals surface area contributed by atoms with Gasteiger partial charge in [0.25, 0.3) is 5.91 Å². The zero-order valence-corrected chi connectivity index (χ0v) is 26.9. The highest BCUT2D eigenvalue weighted by Crippen LogP contribution is 2.35. The summed E-state index contributed by atoms with van der Waals surface area (Å²) in [4.78, 5) is 40.6. The molecule has 242 valence electrons. The van der Waals surface area contributed by atoms with Gasteiger partial charge in [0.1, 0.15) is 17.5 Å². The van der Waals surface area contributed by atoms with E-state index >= 15 is 0 Å². The second kappa shape index (κ2) is 14.0. The number of aromatic nitrogens is 1. The van der Waals surface area contributed by atoms with E-state index in [1.54, 1.807) is 42.5 Å². The number of carboxylic acids is 2. The van der Waals surface area contributed by atoms with E-state index in [2.05, 4.69) is 10.3 Å². The second-order valence-electron chi connectivity index (χ2n) is 11.7. The van der Waals surface area contributed by atoms with Crippen LogP contribution in [0.4, 0.5) is 0 Å². The highest BCUT2D eigenvalue weighted by atomic mass is 35.5. The number of halogens is 1. The first kappa shape index (κ1) is 32.3. The molecule has 0 bridgehead atoms.